The first-order valence-electron chi connectivity index (χ1n) is 21.3. The van der Waals surface area contributed by atoms with Crippen LogP contribution in [0.25, 0.3) is 0 Å². The second kappa shape index (κ2) is 20.4. The Labute approximate surface area is 347 Å². The zero-order valence-electron chi connectivity index (χ0n) is 33.7. The third-order valence-corrected chi connectivity index (χ3v) is 12.0. The number of allylic oxidation sites excluding steroid dienone is 4. The third-order valence-electron chi connectivity index (χ3n) is 12.0. The van der Waals surface area contributed by atoms with E-state index in [-0.39, 0.29) is 44.3 Å². The number of carbonyl (C=O) groups is 5. The van der Waals surface area contributed by atoms with Gasteiger partial charge >= 0.3 is 0 Å². The highest BCUT2D eigenvalue weighted by molar-refractivity contribution is 5.96. The molecule has 4 heterocycles. The number of rotatable bonds is 10. The number of hydrogen-bond acceptors (Lipinski definition) is 8. The van der Waals surface area contributed by atoms with Crippen LogP contribution < -0.4 is 31.9 Å². The number of piperidine rings is 2. The second-order valence-corrected chi connectivity index (χ2v) is 16.3. The summed E-state index contributed by atoms with van der Waals surface area (Å²) < 4.78 is 0. The largest absolute Gasteiger partial charge is 0.380 e. The molecule has 0 bridgehead atoms. The zero-order chi connectivity index (χ0) is 41.0. The van der Waals surface area contributed by atoms with Gasteiger partial charge in [-0.25, -0.2) is 0 Å². The predicted octanol–water partition coefficient (Wildman–Crippen LogP) is 2.18. The first-order valence-corrected chi connectivity index (χ1v) is 21.3. The number of nitrogens with zero attached hydrogens (tertiary/aromatic N) is 2. The van der Waals surface area contributed by atoms with Crippen LogP contribution in [-0.4, -0.2) is 115 Å². The van der Waals surface area contributed by atoms with E-state index in [1.807, 2.05) is 97.2 Å². The molecule has 2 aromatic carbocycles. The molecular formula is C46H58N8O5. The van der Waals surface area contributed by atoms with Crippen LogP contribution in [0.1, 0.15) is 56.1 Å². The second-order valence-electron chi connectivity index (χ2n) is 16.3. The summed E-state index contributed by atoms with van der Waals surface area (Å²) in [5, 5.41) is 18.1. The molecule has 312 valence electrons. The van der Waals surface area contributed by atoms with Gasteiger partial charge in [-0.1, -0.05) is 97.5 Å². The van der Waals surface area contributed by atoms with E-state index in [4.69, 9.17) is 0 Å². The molecule has 0 aromatic heterocycles. The number of nitrogens with one attached hydrogen (secondary N) is 6. The highest BCUT2D eigenvalue weighted by atomic mass is 16.2. The van der Waals surface area contributed by atoms with E-state index >= 15 is 0 Å². The molecule has 13 nitrogen and oxygen atoms in total. The molecule has 13 heteroatoms. The van der Waals surface area contributed by atoms with Crippen LogP contribution in [0.4, 0.5) is 0 Å². The maximum Gasteiger partial charge on any atom is 0.243 e. The van der Waals surface area contributed by atoms with Crippen molar-refractivity contribution in [3.05, 3.63) is 120 Å². The van der Waals surface area contributed by atoms with Crippen LogP contribution in [0.5, 0.6) is 0 Å². The van der Waals surface area contributed by atoms with E-state index < -0.39 is 47.8 Å². The van der Waals surface area contributed by atoms with Crippen molar-refractivity contribution in [3.63, 3.8) is 0 Å². The molecule has 0 radical (unpaired) electrons. The molecule has 6 N–H and O–H groups in total. The summed E-state index contributed by atoms with van der Waals surface area (Å²) >= 11 is 0. The minimum atomic E-state index is -1.21. The van der Waals surface area contributed by atoms with Crippen molar-refractivity contribution in [2.45, 2.75) is 94.0 Å². The molecule has 1 aliphatic carbocycles. The average Bonchev–Trinajstić information content (AvgIpc) is 3.46. The van der Waals surface area contributed by atoms with E-state index in [0.29, 0.717) is 12.5 Å². The van der Waals surface area contributed by atoms with Gasteiger partial charge in [0.15, 0.2) is 0 Å². The number of fused-ring (bicyclic) bond motifs is 1. The van der Waals surface area contributed by atoms with Gasteiger partial charge in [-0.05, 0) is 67.5 Å². The van der Waals surface area contributed by atoms with Crippen molar-refractivity contribution in [1.82, 2.24) is 41.7 Å². The van der Waals surface area contributed by atoms with Gasteiger partial charge in [0.25, 0.3) is 0 Å². The fourth-order valence-corrected chi connectivity index (χ4v) is 8.81. The van der Waals surface area contributed by atoms with E-state index in [1.165, 1.54) is 19.3 Å². The lowest BCUT2D eigenvalue weighted by atomic mass is 9.95. The quantitative estimate of drug-likeness (QED) is 0.213. The van der Waals surface area contributed by atoms with Crippen molar-refractivity contribution in [2.24, 2.45) is 0 Å². The molecule has 7 rings (SSSR count). The standard InChI is InChI=1S/C46H58N8O5/c55-42-28-41(51-43(56)31-53-23-19-36(20-24-53)54-21-11-4-12-22-54)44(57)48-30-35(25-32-13-5-1-6-14-32)49-45(58)39(26-33-15-7-2-8-16-33)52-46(59)40(50-42)27-34-29-47-38-18-10-3-9-17-37(34)38/h1-3,5-10,13-18,29,35-36,38-41,47H,4,11-12,19-28,30-31H2,(H,48,57)(H,49,58)(H,50,55)(H,51,56)(H,52,59)/t35-,38?,39-,40?,41?/m1/s1. The summed E-state index contributed by atoms with van der Waals surface area (Å²) in [6, 6.07) is 15.6. The van der Waals surface area contributed by atoms with E-state index in [0.717, 1.165) is 61.3 Å². The molecule has 59 heavy (non-hydrogen) atoms. The number of hydrogen-bond donors (Lipinski definition) is 6. The Bertz CT molecular complexity index is 1920. The van der Waals surface area contributed by atoms with Gasteiger partial charge in [-0.3, -0.25) is 28.9 Å². The Hall–Kier alpha value is -5.53. The normalized spacial score (nSPS) is 26.4. The van der Waals surface area contributed by atoms with Gasteiger partial charge < -0.3 is 36.8 Å². The number of benzene rings is 2. The summed E-state index contributed by atoms with van der Waals surface area (Å²) in [4.78, 5) is 74.9. The maximum absolute atomic E-state index is 14.4. The van der Waals surface area contributed by atoms with E-state index in [1.54, 1.807) is 0 Å². The maximum atomic E-state index is 14.4. The van der Waals surface area contributed by atoms with Crippen molar-refractivity contribution in [3.8, 4) is 0 Å². The lowest BCUT2D eigenvalue weighted by molar-refractivity contribution is -0.135. The molecule has 0 saturated carbocycles. The molecule has 4 aliphatic heterocycles. The molecule has 5 atom stereocenters. The molecular weight excluding hydrogens is 745 g/mol. The number of likely N-dealkylation sites (tertiary alicyclic amines) is 2. The summed E-state index contributed by atoms with van der Waals surface area (Å²) in [6.45, 7) is 3.98. The third kappa shape index (κ3) is 11.8. The van der Waals surface area contributed by atoms with Crippen LogP contribution in [-0.2, 0) is 36.8 Å². The SMILES string of the molecule is O=C(CN1CCC(N2CCCCC2)CC1)NC1CC(=O)NC(CC2=CNC3C=CC=CC=C23)C(=O)N[C@H](Cc2ccccc2)C(=O)N[C@H](Cc2ccccc2)CNC1=O. The van der Waals surface area contributed by atoms with Crippen molar-refractivity contribution in [1.29, 1.82) is 0 Å². The van der Waals surface area contributed by atoms with Crippen LogP contribution in [0.15, 0.2) is 108 Å². The highest BCUT2D eigenvalue weighted by Gasteiger charge is 2.34. The predicted molar refractivity (Wildman–Crippen MR) is 227 cm³/mol. The Morgan fingerprint density at radius 1 is 0.712 bits per heavy atom. The van der Waals surface area contributed by atoms with Gasteiger partial charge in [-0.15, -0.1) is 0 Å². The summed E-state index contributed by atoms with van der Waals surface area (Å²) in [6.07, 6.45) is 17.7. The lowest BCUT2D eigenvalue weighted by Gasteiger charge is -2.40. The van der Waals surface area contributed by atoms with Gasteiger partial charge in [0, 0.05) is 44.7 Å². The van der Waals surface area contributed by atoms with Crippen molar-refractivity contribution >= 4 is 29.5 Å². The lowest BCUT2D eigenvalue weighted by Crippen LogP contribution is -2.59. The fraction of sp³-hybridized carbons (Fsp3) is 0.457. The molecule has 3 fully saturated rings. The Morgan fingerprint density at radius 2 is 1.39 bits per heavy atom. The fourth-order valence-electron chi connectivity index (χ4n) is 8.81. The summed E-state index contributed by atoms with van der Waals surface area (Å²) in [5.74, 6) is -2.42. The first kappa shape index (κ1) is 41.6. The highest BCUT2D eigenvalue weighted by Crippen LogP contribution is 2.27. The van der Waals surface area contributed by atoms with Gasteiger partial charge in [0.05, 0.1) is 25.0 Å². The zero-order valence-corrected chi connectivity index (χ0v) is 33.7. The van der Waals surface area contributed by atoms with Crippen LogP contribution in [0, 0.1) is 0 Å². The Morgan fingerprint density at radius 3 is 2.12 bits per heavy atom. The van der Waals surface area contributed by atoms with Crippen molar-refractivity contribution < 1.29 is 24.0 Å². The van der Waals surface area contributed by atoms with Crippen LogP contribution in [0.3, 0.4) is 0 Å². The van der Waals surface area contributed by atoms with Crippen LogP contribution >= 0.6 is 0 Å². The smallest absolute Gasteiger partial charge is 0.243 e. The van der Waals surface area contributed by atoms with E-state index in [2.05, 4.69) is 41.7 Å². The first-order chi connectivity index (χ1) is 28.8. The van der Waals surface area contributed by atoms with Crippen LogP contribution in [0.2, 0.25) is 0 Å². The average molecular weight is 803 g/mol. The Balaban J connectivity index is 1.11. The summed E-state index contributed by atoms with van der Waals surface area (Å²) in [5.41, 5.74) is 3.58. The number of amides is 5. The topological polar surface area (TPSA) is 164 Å². The molecule has 0 spiro atoms. The molecule has 5 aliphatic rings. The minimum absolute atomic E-state index is 0.0342. The van der Waals surface area contributed by atoms with Crippen molar-refractivity contribution in [2.75, 3.05) is 39.3 Å². The minimum Gasteiger partial charge on any atom is -0.380 e. The molecule has 5 amide bonds. The van der Waals surface area contributed by atoms with Gasteiger partial charge in [0.1, 0.15) is 18.1 Å². The molecule has 3 saturated heterocycles. The molecule has 3 unspecified atom stereocenters. The Kier molecular flexibility index (Phi) is 14.4. The monoisotopic (exact) mass is 802 g/mol. The van der Waals surface area contributed by atoms with Gasteiger partial charge in [0.2, 0.25) is 29.5 Å². The molecule has 2 aromatic rings. The van der Waals surface area contributed by atoms with Gasteiger partial charge in [-0.2, -0.15) is 0 Å². The number of carbonyl (C=O) groups excluding carboxylic acids is 5. The van der Waals surface area contributed by atoms with E-state index in [9.17, 15) is 24.0 Å². The summed E-state index contributed by atoms with van der Waals surface area (Å²) in [7, 11) is 0.